The highest BCUT2D eigenvalue weighted by atomic mass is 32.2. The van der Waals surface area contributed by atoms with E-state index in [1.54, 1.807) is 12.1 Å². The summed E-state index contributed by atoms with van der Waals surface area (Å²) in [5, 5.41) is 0. The van der Waals surface area contributed by atoms with Crippen LogP contribution in [0.2, 0.25) is 0 Å². The van der Waals surface area contributed by atoms with E-state index in [1.807, 2.05) is 13.8 Å². The second kappa shape index (κ2) is 5.81. The molecule has 0 saturated heterocycles. The average Bonchev–Trinajstić information content (AvgIpc) is 2.75. The minimum absolute atomic E-state index is 0.271. The molecule has 0 saturated carbocycles. The van der Waals surface area contributed by atoms with Gasteiger partial charge in [-0.2, -0.15) is 0 Å². The van der Waals surface area contributed by atoms with Crippen LogP contribution >= 0.6 is 0 Å². The van der Waals surface area contributed by atoms with Crippen molar-refractivity contribution < 1.29 is 13.2 Å². The van der Waals surface area contributed by atoms with Crippen LogP contribution in [0.3, 0.4) is 0 Å². The number of aryl methyl sites for hydroxylation is 2. The zero-order valence-electron chi connectivity index (χ0n) is 12.0. The van der Waals surface area contributed by atoms with Gasteiger partial charge in [-0.05, 0) is 31.5 Å². The van der Waals surface area contributed by atoms with Crippen molar-refractivity contribution in [2.24, 2.45) is 0 Å². The minimum Gasteiger partial charge on any atom is -0.371 e. The molecule has 0 amide bonds. The molecule has 2 rings (SSSR count). The summed E-state index contributed by atoms with van der Waals surface area (Å²) in [7, 11) is -3.26. The van der Waals surface area contributed by atoms with Gasteiger partial charge in [-0.3, -0.25) is 0 Å². The zero-order valence-corrected chi connectivity index (χ0v) is 12.8. The molecule has 108 valence electrons. The first-order valence-corrected chi connectivity index (χ1v) is 8.23. The quantitative estimate of drug-likeness (QED) is 0.851. The number of hydrogen-bond acceptors (Lipinski definition) is 3. The largest absolute Gasteiger partial charge is 0.371 e. The highest BCUT2D eigenvalue weighted by molar-refractivity contribution is 7.89. The molecule has 2 aromatic rings. The third kappa shape index (κ3) is 3.71. The van der Waals surface area contributed by atoms with Gasteiger partial charge in [0.25, 0.3) is 0 Å². The monoisotopic (exact) mass is 293 g/mol. The Hall–Kier alpha value is -1.59. The SMILES string of the molecule is Cc1cc(C)cc(COCc2cccn2S(C)(=O)=O)c1. The van der Waals surface area contributed by atoms with Crippen LogP contribution in [0.1, 0.15) is 22.4 Å². The molecule has 20 heavy (non-hydrogen) atoms. The molecule has 0 aliphatic carbocycles. The van der Waals surface area contributed by atoms with E-state index in [-0.39, 0.29) is 6.61 Å². The molecule has 0 N–H and O–H groups in total. The molecule has 1 aromatic carbocycles. The Labute approximate surface area is 120 Å². The predicted octanol–water partition coefficient (Wildman–Crippen LogP) is 2.63. The van der Waals surface area contributed by atoms with Crippen molar-refractivity contribution in [3.63, 3.8) is 0 Å². The van der Waals surface area contributed by atoms with Gasteiger partial charge in [0.1, 0.15) is 0 Å². The van der Waals surface area contributed by atoms with Gasteiger partial charge < -0.3 is 4.74 Å². The standard InChI is InChI=1S/C15H19NO3S/c1-12-7-13(2)9-14(8-12)10-19-11-15-5-4-6-16(15)20(3,17)18/h4-9H,10-11H2,1-3H3. The molecule has 0 bridgehead atoms. The van der Waals surface area contributed by atoms with Gasteiger partial charge in [-0.15, -0.1) is 0 Å². The van der Waals surface area contributed by atoms with E-state index in [9.17, 15) is 8.42 Å². The molecule has 0 atom stereocenters. The Kier molecular flexibility index (Phi) is 4.30. The summed E-state index contributed by atoms with van der Waals surface area (Å²) in [6, 6.07) is 9.71. The number of benzene rings is 1. The molecule has 0 aliphatic rings. The van der Waals surface area contributed by atoms with Crippen LogP contribution in [0.15, 0.2) is 36.5 Å². The second-order valence-electron chi connectivity index (χ2n) is 5.05. The van der Waals surface area contributed by atoms with Gasteiger partial charge in [-0.1, -0.05) is 29.3 Å². The molecule has 0 aliphatic heterocycles. The topological polar surface area (TPSA) is 48.3 Å². The Balaban J connectivity index is 2.02. The summed E-state index contributed by atoms with van der Waals surface area (Å²) in [5.41, 5.74) is 4.13. The number of aromatic nitrogens is 1. The maximum Gasteiger partial charge on any atom is 0.235 e. The zero-order chi connectivity index (χ0) is 14.8. The Bertz CT molecular complexity index is 681. The van der Waals surface area contributed by atoms with Crippen LogP contribution in [0, 0.1) is 13.8 Å². The average molecular weight is 293 g/mol. The third-order valence-corrected chi connectivity index (χ3v) is 4.02. The van der Waals surface area contributed by atoms with E-state index in [0.717, 1.165) is 5.56 Å². The lowest BCUT2D eigenvalue weighted by Gasteiger charge is -2.09. The Morgan fingerprint density at radius 3 is 2.35 bits per heavy atom. The van der Waals surface area contributed by atoms with Crippen LogP contribution in [0.25, 0.3) is 0 Å². The smallest absolute Gasteiger partial charge is 0.235 e. The minimum atomic E-state index is -3.26. The fraction of sp³-hybridized carbons (Fsp3) is 0.333. The summed E-state index contributed by atoms with van der Waals surface area (Å²) < 4.78 is 30.0. The van der Waals surface area contributed by atoms with Crippen molar-refractivity contribution in [2.45, 2.75) is 27.1 Å². The summed E-state index contributed by atoms with van der Waals surface area (Å²) in [6.07, 6.45) is 2.71. The van der Waals surface area contributed by atoms with Gasteiger partial charge >= 0.3 is 0 Å². The lowest BCUT2D eigenvalue weighted by atomic mass is 10.1. The molecule has 1 aromatic heterocycles. The fourth-order valence-corrected chi connectivity index (χ4v) is 3.09. The second-order valence-corrected chi connectivity index (χ2v) is 6.91. The normalized spacial score (nSPS) is 11.8. The van der Waals surface area contributed by atoms with Crippen molar-refractivity contribution in [3.05, 3.63) is 58.9 Å². The van der Waals surface area contributed by atoms with E-state index >= 15 is 0 Å². The first kappa shape index (κ1) is 14.8. The van der Waals surface area contributed by atoms with Gasteiger partial charge in [0, 0.05) is 6.20 Å². The van der Waals surface area contributed by atoms with E-state index < -0.39 is 10.0 Å². The molecule has 0 radical (unpaired) electrons. The van der Waals surface area contributed by atoms with E-state index in [0.29, 0.717) is 12.3 Å². The number of rotatable bonds is 5. The molecular formula is C15H19NO3S. The van der Waals surface area contributed by atoms with Gasteiger partial charge in [-0.25, -0.2) is 12.4 Å². The van der Waals surface area contributed by atoms with Crippen LogP contribution in [0.4, 0.5) is 0 Å². The molecule has 5 heteroatoms. The number of nitrogens with zero attached hydrogens (tertiary/aromatic N) is 1. The molecule has 0 fully saturated rings. The van der Waals surface area contributed by atoms with Crippen molar-refractivity contribution >= 4 is 10.0 Å². The van der Waals surface area contributed by atoms with Crippen molar-refractivity contribution in [1.29, 1.82) is 0 Å². The Morgan fingerprint density at radius 2 is 1.75 bits per heavy atom. The predicted molar refractivity (Wildman–Crippen MR) is 79.1 cm³/mol. The molecule has 1 heterocycles. The van der Waals surface area contributed by atoms with Crippen LogP contribution < -0.4 is 0 Å². The van der Waals surface area contributed by atoms with E-state index in [4.69, 9.17) is 4.74 Å². The summed E-state index contributed by atoms with van der Waals surface area (Å²) in [6.45, 7) is 4.83. The van der Waals surface area contributed by atoms with Crippen molar-refractivity contribution in [3.8, 4) is 0 Å². The lowest BCUT2D eigenvalue weighted by molar-refractivity contribution is 0.104. The molecule has 0 spiro atoms. The van der Waals surface area contributed by atoms with E-state index in [1.165, 1.54) is 27.6 Å². The lowest BCUT2D eigenvalue weighted by Crippen LogP contribution is -2.12. The van der Waals surface area contributed by atoms with Crippen LogP contribution in [0.5, 0.6) is 0 Å². The molecular weight excluding hydrogens is 274 g/mol. The summed E-state index contributed by atoms with van der Waals surface area (Å²) >= 11 is 0. The first-order valence-electron chi connectivity index (χ1n) is 6.38. The highest BCUT2D eigenvalue weighted by Gasteiger charge is 2.09. The highest BCUT2D eigenvalue weighted by Crippen LogP contribution is 2.12. The molecule has 0 unspecified atom stereocenters. The summed E-state index contributed by atoms with van der Waals surface area (Å²) in [5.74, 6) is 0. The first-order chi connectivity index (χ1) is 9.36. The van der Waals surface area contributed by atoms with Crippen LogP contribution in [-0.2, 0) is 28.0 Å². The third-order valence-electron chi connectivity index (χ3n) is 2.95. The van der Waals surface area contributed by atoms with Crippen LogP contribution in [-0.4, -0.2) is 18.6 Å². The summed E-state index contributed by atoms with van der Waals surface area (Å²) in [4.78, 5) is 0. The van der Waals surface area contributed by atoms with E-state index in [2.05, 4.69) is 18.2 Å². The van der Waals surface area contributed by atoms with Gasteiger partial charge in [0.05, 0.1) is 25.2 Å². The number of ether oxygens (including phenoxy) is 1. The molecule has 4 nitrogen and oxygen atoms in total. The van der Waals surface area contributed by atoms with Gasteiger partial charge in [0.15, 0.2) is 0 Å². The van der Waals surface area contributed by atoms with Crippen molar-refractivity contribution in [1.82, 2.24) is 3.97 Å². The Morgan fingerprint density at radius 1 is 1.10 bits per heavy atom. The number of hydrogen-bond donors (Lipinski definition) is 0. The van der Waals surface area contributed by atoms with Crippen molar-refractivity contribution in [2.75, 3.05) is 6.26 Å². The maximum absolute atomic E-state index is 11.5. The maximum atomic E-state index is 11.5. The van der Waals surface area contributed by atoms with Gasteiger partial charge in [0.2, 0.25) is 10.0 Å². The fourth-order valence-electron chi connectivity index (χ4n) is 2.26.